The molecule has 1 aliphatic rings. The quantitative estimate of drug-likeness (QED) is 0.335. The van der Waals surface area contributed by atoms with Crippen molar-refractivity contribution in [1.29, 1.82) is 5.41 Å². The number of aryl methyl sites for hydroxylation is 1. The van der Waals surface area contributed by atoms with Gasteiger partial charge in [0.15, 0.2) is 16.3 Å². The Labute approximate surface area is 220 Å². The van der Waals surface area contributed by atoms with Crippen molar-refractivity contribution in [1.82, 2.24) is 19.5 Å². The molecule has 0 spiro atoms. The minimum atomic E-state index is -7.28. The lowest BCUT2D eigenvalue weighted by Gasteiger charge is -2.52. The molecule has 0 unspecified atom stereocenters. The van der Waals surface area contributed by atoms with Gasteiger partial charge in [0.25, 0.3) is 5.67 Å². The Balaban J connectivity index is 1.74. The Morgan fingerprint density at radius 3 is 2.00 bits per heavy atom. The van der Waals surface area contributed by atoms with Crippen molar-refractivity contribution < 1.29 is 57.8 Å². The number of fused-ring (bicyclic) bond motifs is 1. The molecule has 7 nitrogen and oxygen atoms in total. The maximum absolute atomic E-state index is 15.2. The van der Waals surface area contributed by atoms with Gasteiger partial charge < -0.3 is 19.0 Å². The van der Waals surface area contributed by atoms with Crippen LogP contribution in [0.4, 0.5) is 48.3 Å². The Morgan fingerprint density at radius 1 is 0.875 bits per heavy atom. The van der Waals surface area contributed by atoms with Gasteiger partial charge in [-0.15, -0.1) is 0 Å². The number of hydrogen-bond donors (Lipinski definition) is 2. The first-order chi connectivity index (χ1) is 18.3. The van der Waals surface area contributed by atoms with E-state index in [9.17, 15) is 43.9 Å². The Kier molecular flexibility index (Phi) is 6.79. The fraction of sp³-hybridized carbons (Fsp3) is 0.476. The third kappa shape index (κ3) is 3.75. The number of imidazole rings is 1. The maximum atomic E-state index is 15.2. The van der Waals surface area contributed by atoms with Crippen LogP contribution in [-0.2, 0) is 6.54 Å². The van der Waals surface area contributed by atoms with Crippen molar-refractivity contribution in [2.24, 2.45) is 0 Å². The molecule has 1 aliphatic carbocycles. The number of hydrogen-bond acceptors (Lipinski definition) is 6. The molecule has 40 heavy (non-hydrogen) atoms. The second-order valence-electron chi connectivity index (χ2n) is 8.57. The summed E-state index contributed by atoms with van der Waals surface area (Å²) in [4.78, 5) is 10.6. The van der Waals surface area contributed by atoms with E-state index in [-0.39, 0.29) is 10.7 Å². The van der Waals surface area contributed by atoms with E-state index >= 15 is 4.39 Å². The molecular weight excluding hydrogens is 595 g/mol. The van der Waals surface area contributed by atoms with E-state index in [0.29, 0.717) is 27.3 Å². The number of rotatable bonds is 7. The van der Waals surface area contributed by atoms with E-state index in [1.54, 1.807) is 6.07 Å². The van der Waals surface area contributed by atoms with E-state index in [1.807, 2.05) is 0 Å². The van der Waals surface area contributed by atoms with Gasteiger partial charge in [0.1, 0.15) is 17.0 Å². The third-order valence-corrected chi connectivity index (χ3v) is 7.27. The van der Waals surface area contributed by atoms with E-state index < -0.39 is 59.4 Å². The molecule has 3 aromatic rings. The zero-order chi connectivity index (χ0) is 30.1. The van der Waals surface area contributed by atoms with Crippen LogP contribution in [0.2, 0.25) is 0 Å². The molecule has 1 fully saturated rings. The summed E-state index contributed by atoms with van der Waals surface area (Å²) in [6.07, 6.45) is -1.90. The topological polar surface area (TPSA) is 88.8 Å². The summed E-state index contributed by atoms with van der Waals surface area (Å²) < 4.78 is 165. The summed E-state index contributed by atoms with van der Waals surface area (Å²) in [5.74, 6) is -34.8. The minimum absolute atomic E-state index is 0.0437. The van der Waals surface area contributed by atoms with Gasteiger partial charge >= 0.3 is 29.6 Å². The first-order valence-electron chi connectivity index (χ1n) is 10.8. The fourth-order valence-corrected chi connectivity index (χ4v) is 4.94. The highest BCUT2D eigenvalue weighted by Crippen LogP contribution is 2.70. The van der Waals surface area contributed by atoms with E-state index in [4.69, 9.17) is 14.9 Å². The van der Waals surface area contributed by atoms with Crippen LogP contribution in [-0.4, -0.2) is 69.0 Å². The largest absolute Gasteiger partial charge is 0.497 e. The molecule has 0 amide bonds. The molecule has 0 saturated heterocycles. The van der Waals surface area contributed by atoms with Crippen LogP contribution in [0.25, 0.3) is 11.2 Å². The highest BCUT2D eigenvalue weighted by Gasteiger charge is 3.00. The number of ether oxygens (including phenoxy) is 2. The van der Waals surface area contributed by atoms with E-state index in [0.717, 1.165) is 11.8 Å². The molecule has 2 heterocycles. The highest BCUT2D eigenvalue weighted by molar-refractivity contribution is 7.99. The average molecular weight is 611 g/mol. The van der Waals surface area contributed by atoms with Gasteiger partial charge in [-0.2, -0.15) is 43.9 Å². The minimum Gasteiger partial charge on any atom is -0.497 e. The van der Waals surface area contributed by atoms with Crippen molar-refractivity contribution in [3.8, 4) is 11.5 Å². The zero-order valence-electron chi connectivity index (χ0n) is 19.9. The molecule has 2 aromatic heterocycles. The van der Waals surface area contributed by atoms with Gasteiger partial charge in [0.2, 0.25) is 0 Å². The van der Waals surface area contributed by atoms with Gasteiger partial charge in [-0.05, 0) is 30.0 Å². The van der Waals surface area contributed by atoms with Gasteiger partial charge in [0, 0.05) is 13.0 Å². The first-order valence-corrected chi connectivity index (χ1v) is 11.6. The monoisotopic (exact) mass is 611 g/mol. The zero-order valence-corrected chi connectivity index (χ0v) is 20.8. The highest BCUT2D eigenvalue weighted by atomic mass is 32.2. The second-order valence-corrected chi connectivity index (χ2v) is 9.60. The molecule has 0 radical (unpaired) electrons. The summed E-state index contributed by atoms with van der Waals surface area (Å²) in [6.45, 7) is -1.49. The SMILES string of the molecule is COc1ccc(OC)c(Sc2nc3c([nH]2)c(=N)ncn3CCC2(F)C(F)(F)C(F)(F)C(F)(F)C(F)(F)C2(F)F)c1. The Bertz CT molecular complexity index is 1480. The molecule has 1 aromatic carbocycles. The van der Waals surface area contributed by atoms with Crippen LogP contribution >= 0.6 is 11.8 Å². The number of halogens is 11. The van der Waals surface area contributed by atoms with Gasteiger partial charge in [-0.25, -0.2) is 14.4 Å². The Hall–Kier alpha value is -3.25. The predicted molar refractivity (Wildman–Crippen MR) is 115 cm³/mol. The van der Waals surface area contributed by atoms with Gasteiger partial charge in [-0.1, -0.05) is 0 Å². The number of benzene rings is 1. The molecule has 2 N–H and O–H groups in total. The molecule has 1 saturated carbocycles. The molecule has 19 heteroatoms. The van der Waals surface area contributed by atoms with Crippen molar-refractivity contribution in [3.05, 3.63) is 30.0 Å². The number of alkyl halides is 11. The van der Waals surface area contributed by atoms with Crippen molar-refractivity contribution >= 4 is 22.9 Å². The lowest BCUT2D eigenvalue weighted by atomic mass is 9.70. The number of nitrogens with zero attached hydrogens (tertiary/aromatic N) is 3. The van der Waals surface area contributed by atoms with Crippen LogP contribution in [0.1, 0.15) is 6.42 Å². The number of H-pyrrole nitrogens is 1. The van der Waals surface area contributed by atoms with Crippen LogP contribution in [0.3, 0.4) is 0 Å². The van der Waals surface area contributed by atoms with Crippen molar-refractivity contribution in [2.75, 3.05) is 14.2 Å². The van der Waals surface area contributed by atoms with Crippen LogP contribution < -0.4 is 15.0 Å². The lowest BCUT2D eigenvalue weighted by Crippen LogP contribution is -2.83. The Morgan fingerprint density at radius 2 is 1.45 bits per heavy atom. The second kappa shape index (κ2) is 9.13. The molecule has 0 atom stereocenters. The maximum Gasteiger partial charge on any atom is 0.384 e. The van der Waals surface area contributed by atoms with Crippen LogP contribution in [0, 0.1) is 5.41 Å². The van der Waals surface area contributed by atoms with E-state index in [1.165, 1.54) is 26.4 Å². The molecular formula is C21H16F11N5O2S. The predicted octanol–water partition coefficient (Wildman–Crippen LogP) is 5.70. The number of nitrogens with one attached hydrogen (secondary N) is 2. The molecule has 0 bridgehead atoms. The molecule has 4 rings (SSSR count). The average Bonchev–Trinajstić information content (AvgIpc) is 3.31. The first kappa shape index (κ1) is 29.7. The lowest BCUT2D eigenvalue weighted by molar-refractivity contribution is -0.485. The summed E-state index contributed by atoms with van der Waals surface area (Å²) in [5.41, 5.74) is -7.39. The number of methoxy groups -OCH3 is 2. The van der Waals surface area contributed by atoms with Gasteiger partial charge in [0.05, 0.1) is 25.4 Å². The summed E-state index contributed by atoms with van der Waals surface area (Å²) in [6, 6.07) is 4.61. The van der Waals surface area contributed by atoms with Crippen LogP contribution in [0.15, 0.2) is 34.6 Å². The van der Waals surface area contributed by atoms with E-state index in [2.05, 4.69) is 15.0 Å². The summed E-state index contributed by atoms with van der Waals surface area (Å²) in [7, 11) is 2.72. The van der Waals surface area contributed by atoms with Crippen molar-refractivity contribution in [3.63, 3.8) is 0 Å². The molecule has 220 valence electrons. The summed E-state index contributed by atoms with van der Waals surface area (Å²) in [5, 5.41) is 7.85. The van der Waals surface area contributed by atoms with Crippen LogP contribution in [0.5, 0.6) is 11.5 Å². The fourth-order valence-electron chi connectivity index (χ4n) is 4.02. The number of aromatic nitrogens is 4. The standard InChI is InChI=1S/C21H16F11N5O2S/c1-38-9-3-4-10(39-2)11(7-9)40-15-35-12-13(33)34-8-37(14(12)36-15)6-5-16(22)17(23,24)19(27,28)21(31,32)20(29,30)18(16,25)26/h3-4,7-8,33H,5-6H2,1-2H3,(H,35,36). The molecule has 0 aliphatic heterocycles. The smallest absolute Gasteiger partial charge is 0.384 e. The van der Waals surface area contributed by atoms with Crippen molar-refractivity contribution in [2.45, 2.75) is 58.3 Å². The number of aromatic amines is 1. The normalized spacial score (nSPS) is 21.7. The third-order valence-electron chi connectivity index (χ3n) is 6.35. The summed E-state index contributed by atoms with van der Waals surface area (Å²) >= 11 is 0.864. The van der Waals surface area contributed by atoms with Gasteiger partial charge in [-0.3, -0.25) is 5.41 Å².